The van der Waals surface area contributed by atoms with Crippen molar-refractivity contribution < 1.29 is 14.3 Å². The Balaban J connectivity index is 1.49. The van der Waals surface area contributed by atoms with E-state index in [1.807, 2.05) is 95.6 Å². The molecule has 2 heterocycles. The summed E-state index contributed by atoms with van der Waals surface area (Å²) in [6.45, 7) is 3.61. The highest BCUT2D eigenvalue weighted by molar-refractivity contribution is 6.02. The Morgan fingerprint density at radius 2 is 1.65 bits per heavy atom. The third kappa shape index (κ3) is 4.23. The number of carbonyl (C=O) groups is 2. The highest BCUT2D eigenvalue weighted by atomic mass is 16.5. The smallest absolute Gasteiger partial charge is 0.260 e. The Bertz CT molecular complexity index is 1170. The first-order valence-electron chi connectivity index (χ1n) is 11.9. The van der Waals surface area contributed by atoms with Gasteiger partial charge in [0.25, 0.3) is 11.8 Å². The van der Waals surface area contributed by atoms with Gasteiger partial charge < -0.3 is 19.9 Å². The first kappa shape index (κ1) is 22.0. The minimum atomic E-state index is -0.448. The Labute approximate surface area is 200 Å². The molecule has 1 N–H and O–H groups in total. The number of likely N-dealkylation sites (tertiary alicyclic amines) is 1. The SMILES string of the molecule is C[C@H](c1ccccc1)N1C(=O)c2ccccc2N[C@@H]1c1ccccc1OCC(=O)N1CCCC1. The summed E-state index contributed by atoms with van der Waals surface area (Å²) in [6, 6.07) is 25.0. The topological polar surface area (TPSA) is 61.9 Å². The third-order valence-corrected chi connectivity index (χ3v) is 6.69. The average molecular weight is 456 g/mol. The fraction of sp³-hybridized carbons (Fsp3) is 0.286. The summed E-state index contributed by atoms with van der Waals surface area (Å²) in [4.78, 5) is 30.1. The molecule has 3 aromatic rings. The van der Waals surface area contributed by atoms with E-state index < -0.39 is 6.17 Å². The number of anilines is 1. The van der Waals surface area contributed by atoms with Crippen molar-refractivity contribution in [2.45, 2.75) is 32.0 Å². The Morgan fingerprint density at radius 1 is 0.971 bits per heavy atom. The van der Waals surface area contributed by atoms with Gasteiger partial charge in [-0.15, -0.1) is 0 Å². The van der Waals surface area contributed by atoms with Crippen LogP contribution in [0.3, 0.4) is 0 Å². The molecule has 0 bridgehead atoms. The Kier molecular flexibility index (Phi) is 6.21. The minimum absolute atomic E-state index is 0.000150. The van der Waals surface area contributed by atoms with E-state index in [0.717, 1.165) is 42.7 Å². The minimum Gasteiger partial charge on any atom is -0.483 e. The number of nitrogens with one attached hydrogen (secondary N) is 1. The number of carbonyl (C=O) groups excluding carboxylic acids is 2. The first-order valence-corrected chi connectivity index (χ1v) is 11.9. The van der Waals surface area contributed by atoms with Crippen molar-refractivity contribution in [3.8, 4) is 5.75 Å². The summed E-state index contributed by atoms with van der Waals surface area (Å²) in [7, 11) is 0. The van der Waals surface area contributed by atoms with Crippen molar-refractivity contribution in [1.29, 1.82) is 0 Å². The average Bonchev–Trinajstić information content (AvgIpc) is 3.43. The van der Waals surface area contributed by atoms with Crippen molar-refractivity contribution in [2.24, 2.45) is 0 Å². The number of benzene rings is 3. The van der Waals surface area contributed by atoms with E-state index >= 15 is 0 Å². The van der Waals surface area contributed by atoms with Crippen molar-refractivity contribution >= 4 is 17.5 Å². The molecule has 0 aliphatic carbocycles. The molecule has 2 atom stereocenters. The molecular weight excluding hydrogens is 426 g/mol. The predicted molar refractivity (Wildman–Crippen MR) is 132 cm³/mol. The van der Waals surface area contributed by atoms with E-state index in [2.05, 4.69) is 5.32 Å². The van der Waals surface area contributed by atoms with Crippen LogP contribution in [-0.4, -0.2) is 41.3 Å². The van der Waals surface area contributed by atoms with E-state index in [4.69, 9.17) is 4.74 Å². The van der Waals surface area contributed by atoms with Gasteiger partial charge in [0.15, 0.2) is 6.61 Å². The van der Waals surface area contributed by atoms with Crippen LogP contribution in [0.15, 0.2) is 78.9 Å². The lowest BCUT2D eigenvalue weighted by Crippen LogP contribution is -2.44. The summed E-state index contributed by atoms with van der Waals surface area (Å²) in [6.07, 6.45) is 1.64. The van der Waals surface area contributed by atoms with Gasteiger partial charge in [0.05, 0.1) is 11.6 Å². The molecule has 2 aliphatic rings. The van der Waals surface area contributed by atoms with Crippen molar-refractivity contribution in [3.63, 3.8) is 0 Å². The summed E-state index contributed by atoms with van der Waals surface area (Å²) < 4.78 is 6.05. The molecule has 34 heavy (non-hydrogen) atoms. The normalized spacial score (nSPS) is 18.3. The van der Waals surface area contributed by atoms with Crippen molar-refractivity contribution in [3.05, 3.63) is 95.6 Å². The Hall–Kier alpha value is -3.80. The second-order valence-corrected chi connectivity index (χ2v) is 8.81. The van der Waals surface area contributed by atoms with Gasteiger partial charge in [-0.05, 0) is 43.5 Å². The molecule has 6 heteroatoms. The summed E-state index contributed by atoms with van der Waals surface area (Å²) in [5, 5.41) is 3.56. The molecule has 2 amide bonds. The molecule has 0 spiro atoms. The second-order valence-electron chi connectivity index (χ2n) is 8.81. The zero-order valence-electron chi connectivity index (χ0n) is 19.3. The van der Waals surface area contributed by atoms with Gasteiger partial charge in [-0.2, -0.15) is 0 Å². The lowest BCUT2D eigenvalue weighted by molar-refractivity contribution is -0.132. The van der Waals surface area contributed by atoms with Gasteiger partial charge in [-0.3, -0.25) is 9.59 Å². The molecule has 0 radical (unpaired) electrons. The van der Waals surface area contributed by atoms with Crippen LogP contribution >= 0.6 is 0 Å². The van der Waals surface area contributed by atoms with Crippen LogP contribution in [-0.2, 0) is 4.79 Å². The number of rotatable bonds is 6. The van der Waals surface area contributed by atoms with Crippen LogP contribution in [0.25, 0.3) is 0 Å². The van der Waals surface area contributed by atoms with Gasteiger partial charge >= 0.3 is 0 Å². The van der Waals surface area contributed by atoms with E-state index in [1.54, 1.807) is 0 Å². The van der Waals surface area contributed by atoms with E-state index in [1.165, 1.54) is 0 Å². The number of fused-ring (bicyclic) bond motifs is 1. The molecule has 1 fully saturated rings. The fourth-order valence-electron chi connectivity index (χ4n) is 4.82. The summed E-state index contributed by atoms with van der Waals surface area (Å²) in [5.74, 6) is 0.559. The lowest BCUT2D eigenvalue weighted by Gasteiger charge is -2.42. The van der Waals surface area contributed by atoms with Crippen LogP contribution in [0.5, 0.6) is 5.75 Å². The second kappa shape index (κ2) is 9.59. The predicted octanol–water partition coefficient (Wildman–Crippen LogP) is 5.02. The van der Waals surface area contributed by atoms with Gasteiger partial charge in [0.1, 0.15) is 11.9 Å². The van der Waals surface area contributed by atoms with E-state index in [-0.39, 0.29) is 24.5 Å². The molecule has 0 saturated carbocycles. The van der Waals surface area contributed by atoms with Crippen LogP contribution in [0.2, 0.25) is 0 Å². The summed E-state index contributed by atoms with van der Waals surface area (Å²) >= 11 is 0. The molecular formula is C28H29N3O3. The highest BCUT2D eigenvalue weighted by Crippen LogP contribution is 2.41. The zero-order valence-corrected chi connectivity index (χ0v) is 19.3. The quantitative estimate of drug-likeness (QED) is 0.567. The molecule has 2 aliphatic heterocycles. The van der Waals surface area contributed by atoms with Crippen LogP contribution < -0.4 is 10.1 Å². The zero-order chi connectivity index (χ0) is 23.5. The molecule has 6 nitrogen and oxygen atoms in total. The van der Waals surface area contributed by atoms with Gasteiger partial charge in [0.2, 0.25) is 0 Å². The van der Waals surface area contributed by atoms with Gasteiger partial charge in [-0.25, -0.2) is 0 Å². The van der Waals surface area contributed by atoms with Gasteiger partial charge in [0, 0.05) is 24.3 Å². The molecule has 0 unspecified atom stereocenters. The molecule has 174 valence electrons. The largest absolute Gasteiger partial charge is 0.483 e. The fourth-order valence-corrected chi connectivity index (χ4v) is 4.82. The molecule has 3 aromatic carbocycles. The summed E-state index contributed by atoms with van der Waals surface area (Å²) in [5.41, 5.74) is 3.30. The maximum absolute atomic E-state index is 13.8. The first-order chi connectivity index (χ1) is 16.6. The number of amides is 2. The van der Waals surface area contributed by atoms with E-state index in [0.29, 0.717) is 11.3 Å². The lowest BCUT2D eigenvalue weighted by atomic mass is 9.98. The van der Waals surface area contributed by atoms with Crippen LogP contribution in [0.4, 0.5) is 5.69 Å². The number of para-hydroxylation sites is 2. The van der Waals surface area contributed by atoms with Gasteiger partial charge in [-0.1, -0.05) is 60.7 Å². The van der Waals surface area contributed by atoms with Crippen LogP contribution in [0.1, 0.15) is 53.5 Å². The Morgan fingerprint density at radius 3 is 2.44 bits per heavy atom. The number of hydrogen-bond donors (Lipinski definition) is 1. The molecule has 5 rings (SSSR count). The molecule has 0 aromatic heterocycles. The standard InChI is InChI=1S/C28H29N3O3/c1-20(21-11-3-2-4-12-21)31-27(29-24-15-7-5-13-22(24)28(31)33)23-14-6-8-16-25(23)34-19-26(32)30-17-9-10-18-30/h2-8,11-16,20,27,29H,9-10,17-19H2,1H3/t20-,27+/m1/s1. The van der Waals surface area contributed by atoms with Crippen molar-refractivity contribution in [2.75, 3.05) is 25.0 Å². The molecule has 1 saturated heterocycles. The number of nitrogens with zero attached hydrogens (tertiary/aromatic N) is 2. The monoisotopic (exact) mass is 455 g/mol. The maximum Gasteiger partial charge on any atom is 0.260 e. The van der Waals surface area contributed by atoms with Crippen LogP contribution in [0, 0.1) is 0 Å². The number of hydrogen-bond acceptors (Lipinski definition) is 4. The van der Waals surface area contributed by atoms with Crippen molar-refractivity contribution in [1.82, 2.24) is 9.80 Å². The highest BCUT2D eigenvalue weighted by Gasteiger charge is 2.37. The third-order valence-electron chi connectivity index (χ3n) is 6.69. The number of ether oxygens (including phenoxy) is 1. The maximum atomic E-state index is 13.8. The van der Waals surface area contributed by atoms with E-state index in [9.17, 15) is 9.59 Å².